The molecule has 1 aromatic carbocycles. The molecule has 3 rings (SSSR count). The highest BCUT2D eigenvalue weighted by atomic mass is 16.3. The second-order valence-corrected chi connectivity index (χ2v) is 5.09. The largest absolute Gasteiger partial charge is 0.395 e. The molecule has 4 nitrogen and oxygen atoms in total. The molecule has 19 heavy (non-hydrogen) atoms. The summed E-state index contributed by atoms with van der Waals surface area (Å²) in [5.41, 5.74) is 1.74. The van der Waals surface area contributed by atoms with E-state index in [0.717, 1.165) is 23.7 Å². The maximum absolute atomic E-state index is 12.5. The summed E-state index contributed by atoms with van der Waals surface area (Å²) < 4.78 is 0. The Morgan fingerprint density at radius 3 is 2.89 bits per heavy atom. The number of hydrogen-bond donors (Lipinski definition) is 2. The van der Waals surface area contributed by atoms with Crippen molar-refractivity contribution in [2.45, 2.75) is 25.3 Å². The van der Waals surface area contributed by atoms with Crippen LogP contribution in [-0.4, -0.2) is 40.1 Å². The smallest absolute Gasteiger partial charge is 0.254 e. The standard InChI is InChI=1S/C15H18N2O2/c18-9-8-17(13-2-1-3-13)15(19)12-4-5-14-11(10-12)6-7-16-14/h4-7,10,13,16,18H,1-3,8-9H2. The molecule has 1 saturated carbocycles. The Kier molecular flexibility index (Phi) is 3.25. The summed E-state index contributed by atoms with van der Waals surface area (Å²) in [5.74, 6) is 0.0295. The first-order valence-corrected chi connectivity index (χ1v) is 6.78. The van der Waals surface area contributed by atoms with Crippen LogP contribution in [0.25, 0.3) is 10.9 Å². The number of carbonyl (C=O) groups excluding carboxylic acids is 1. The van der Waals surface area contributed by atoms with E-state index < -0.39 is 0 Å². The highest BCUT2D eigenvalue weighted by Crippen LogP contribution is 2.26. The number of carbonyl (C=O) groups is 1. The number of amides is 1. The number of nitrogens with one attached hydrogen (secondary N) is 1. The van der Waals surface area contributed by atoms with Crippen molar-refractivity contribution in [1.82, 2.24) is 9.88 Å². The maximum Gasteiger partial charge on any atom is 0.254 e. The van der Waals surface area contributed by atoms with E-state index in [1.807, 2.05) is 35.4 Å². The van der Waals surface area contributed by atoms with Gasteiger partial charge in [0.05, 0.1) is 6.61 Å². The van der Waals surface area contributed by atoms with Crippen molar-refractivity contribution in [2.75, 3.05) is 13.2 Å². The first kappa shape index (κ1) is 12.2. The average molecular weight is 258 g/mol. The summed E-state index contributed by atoms with van der Waals surface area (Å²) >= 11 is 0. The van der Waals surface area contributed by atoms with E-state index in [1.165, 1.54) is 6.42 Å². The number of benzene rings is 1. The number of aliphatic hydroxyl groups excluding tert-OH is 1. The maximum atomic E-state index is 12.5. The van der Waals surface area contributed by atoms with Gasteiger partial charge in [0.2, 0.25) is 0 Å². The molecule has 0 saturated heterocycles. The lowest BCUT2D eigenvalue weighted by atomic mass is 9.91. The lowest BCUT2D eigenvalue weighted by Crippen LogP contribution is -2.45. The number of hydrogen-bond acceptors (Lipinski definition) is 2. The Balaban J connectivity index is 1.87. The normalized spacial score (nSPS) is 15.4. The fourth-order valence-corrected chi connectivity index (χ4v) is 2.61. The molecule has 0 aliphatic heterocycles. The number of fused-ring (bicyclic) bond motifs is 1. The van der Waals surface area contributed by atoms with Crippen LogP contribution in [0, 0.1) is 0 Å². The van der Waals surface area contributed by atoms with Crippen LogP contribution in [0.1, 0.15) is 29.6 Å². The van der Waals surface area contributed by atoms with Gasteiger partial charge in [0.15, 0.2) is 0 Å². The summed E-state index contributed by atoms with van der Waals surface area (Å²) in [4.78, 5) is 17.5. The van der Waals surface area contributed by atoms with Crippen molar-refractivity contribution in [3.8, 4) is 0 Å². The van der Waals surface area contributed by atoms with E-state index in [1.54, 1.807) is 0 Å². The molecule has 2 aromatic rings. The zero-order chi connectivity index (χ0) is 13.2. The van der Waals surface area contributed by atoms with E-state index >= 15 is 0 Å². The molecule has 2 N–H and O–H groups in total. The van der Waals surface area contributed by atoms with Gasteiger partial charge in [0.25, 0.3) is 5.91 Å². The Morgan fingerprint density at radius 2 is 2.21 bits per heavy atom. The third-order valence-electron chi connectivity index (χ3n) is 3.92. The van der Waals surface area contributed by atoms with E-state index in [4.69, 9.17) is 5.11 Å². The predicted molar refractivity (Wildman–Crippen MR) is 74.1 cm³/mol. The quantitative estimate of drug-likeness (QED) is 0.883. The molecule has 0 atom stereocenters. The van der Waals surface area contributed by atoms with Crippen LogP contribution in [0.4, 0.5) is 0 Å². The number of aliphatic hydroxyl groups is 1. The van der Waals surface area contributed by atoms with Gasteiger partial charge < -0.3 is 15.0 Å². The first-order chi connectivity index (χ1) is 9.29. The molecule has 0 unspecified atom stereocenters. The lowest BCUT2D eigenvalue weighted by molar-refractivity contribution is 0.0526. The van der Waals surface area contributed by atoms with Crippen LogP contribution >= 0.6 is 0 Å². The molecule has 1 aliphatic rings. The van der Waals surface area contributed by atoms with Crippen molar-refractivity contribution < 1.29 is 9.90 Å². The van der Waals surface area contributed by atoms with Crippen LogP contribution in [0.2, 0.25) is 0 Å². The molecule has 1 fully saturated rings. The van der Waals surface area contributed by atoms with Crippen molar-refractivity contribution in [3.63, 3.8) is 0 Å². The number of H-pyrrole nitrogens is 1. The predicted octanol–water partition coefficient (Wildman–Crippen LogP) is 2.15. The monoisotopic (exact) mass is 258 g/mol. The number of rotatable bonds is 4. The van der Waals surface area contributed by atoms with Gasteiger partial charge >= 0.3 is 0 Å². The highest BCUT2D eigenvalue weighted by Gasteiger charge is 2.28. The summed E-state index contributed by atoms with van der Waals surface area (Å²) in [6.45, 7) is 0.448. The van der Waals surface area contributed by atoms with E-state index in [0.29, 0.717) is 18.2 Å². The van der Waals surface area contributed by atoms with Crippen molar-refractivity contribution >= 4 is 16.8 Å². The van der Waals surface area contributed by atoms with Gasteiger partial charge in [-0.05, 0) is 43.5 Å². The van der Waals surface area contributed by atoms with Gasteiger partial charge in [-0.2, -0.15) is 0 Å². The number of aromatic amines is 1. The molecule has 0 spiro atoms. The van der Waals surface area contributed by atoms with Crippen molar-refractivity contribution in [3.05, 3.63) is 36.0 Å². The second kappa shape index (κ2) is 5.05. The molecular weight excluding hydrogens is 240 g/mol. The molecular formula is C15H18N2O2. The molecule has 1 aliphatic carbocycles. The van der Waals surface area contributed by atoms with Gasteiger partial charge in [-0.1, -0.05) is 0 Å². The summed E-state index contributed by atoms with van der Waals surface area (Å²) in [5, 5.41) is 10.2. The molecule has 0 bridgehead atoms. The Bertz CT molecular complexity index is 587. The minimum atomic E-state index is 0.0225. The van der Waals surface area contributed by atoms with Crippen LogP contribution in [0.15, 0.2) is 30.5 Å². The lowest BCUT2D eigenvalue weighted by Gasteiger charge is -2.37. The average Bonchev–Trinajstić information content (AvgIpc) is 2.82. The summed E-state index contributed by atoms with van der Waals surface area (Å²) in [7, 11) is 0. The van der Waals surface area contributed by atoms with Gasteiger partial charge in [-0.25, -0.2) is 0 Å². The minimum absolute atomic E-state index is 0.0225. The zero-order valence-electron chi connectivity index (χ0n) is 10.8. The molecule has 4 heteroatoms. The fraction of sp³-hybridized carbons (Fsp3) is 0.400. The van der Waals surface area contributed by atoms with Gasteiger partial charge in [-0.3, -0.25) is 4.79 Å². The highest BCUT2D eigenvalue weighted by molar-refractivity contribution is 5.98. The molecule has 1 aromatic heterocycles. The number of aromatic nitrogens is 1. The molecule has 1 heterocycles. The second-order valence-electron chi connectivity index (χ2n) is 5.09. The third-order valence-corrected chi connectivity index (χ3v) is 3.92. The molecule has 1 amide bonds. The van der Waals surface area contributed by atoms with Gasteiger partial charge in [-0.15, -0.1) is 0 Å². The Morgan fingerprint density at radius 1 is 1.37 bits per heavy atom. The molecule has 0 radical (unpaired) electrons. The topological polar surface area (TPSA) is 56.3 Å². The Labute approximate surface area is 112 Å². The van der Waals surface area contributed by atoms with Crippen molar-refractivity contribution in [1.29, 1.82) is 0 Å². The fourth-order valence-electron chi connectivity index (χ4n) is 2.61. The van der Waals surface area contributed by atoms with Crippen LogP contribution in [0.3, 0.4) is 0 Å². The van der Waals surface area contributed by atoms with Crippen molar-refractivity contribution in [2.24, 2.45) is 0 Å². The molecule has 100 valence electrons. The van der Waals surface area contributed by atoms with Crippen LogP contribution in [0.5, 0.6) is 0 Å². The van der Waals surface area contributed by atoms with Crippen LogP contribution < -0.4 is 0 Å². The first-order valence-electron chi connectivity index (χ1n) is 6.78. The van der Waals surface area contributed by atoms with E-state index in [9.17, 15) is 4.79 Å². The van der Waals surface area contributed by atoms with Crippen LogP contribution in [-0.2, 0) is 0 Å². The minimum Gasteiger partial charge on any atom is -0.395 e. The van der Waals surface area contributed by atoms with Gasteiger partial charge in [0, 0.05) is 35.2 Å². The summed E-state index contributed by atoms with van der Waals surface area (Å²) in [6.07, 6.45) is 5.16. The SMILES string of the molecule is O=C(c1ccc2[nH]ccc2c1)N(CCO)C1CCC1. The zero-order valence-corrected chi connectivity index (χ0v) is 10.8. The number of nitrogens with zero attached hydrogens (tertiary/aromatic N) is 1. The van der Waals surface area contributed by atoms with E-state index in [2.05, 4.69) is 4.98 Å². The third kappa shape index (κ3) is 2.24. The summed E-state index contributed by atoms with van der Waals surface area (Å²) in [6, 6.07) is 7.97. The van der Waals surface area contributed by atoms with Gasteiger partial charge in [0.1, 0.15) is 0 Å². The Hall–Kier alpha value is -1.81. The van der Waals surface area contributed by atoms with E-state index in [-0.39, 0.29) is 12.5 Å².